The molecule has 0 aliphatic heterocycles. The molecule has 3 nitrogen and oxygen atoms in total. The van der Waals surface area contributed by atoms with E-state index in [1.54, 1.807) is 0 Å². The Morgan fingerprint density at radius 3 is 1.78 bits per heavy atom. The van der Waals surface area contributed by atoms with E-state index in [1.165, 1.54) is 17.2 Å². The predicted octanol–water partition coefficient (Wildman–Crippen LogP) is 5.12. The van der Waals surface area contributed by atoms with Gasteiger partial charge >= 0.3 is 5.97 Å². The van der Waals surface area contributed by atoms with E-state index in [-0.39, 0.29) is 6.61 Å². The minimum absolute atomic E-state index is 0.252. The molecule has 0 radical (unpaired) electrons. The zero-order valence-corrected chi connectivity index (χ0v) is 15.3. The lowest BCUT2D eigenvalue weighted by molar-refractivity contribution is -0.138. The Kier molecular flexibility index (Phi) is 6.42. The highest BCUT2D eigenvalue weighted by Crippen LogP contribution is 2.21. The summed E-state index contributed by atoms with van der Waals surface area (Å²) >= 11 is 0. The normalized spacial score (nSPS) is 10.2. The standard InChI is InChI=1S/C24H23NO2/c1-2-24(26)27-19-22-13-15-23(16-14-22)25(17-20-9-5-3-6-10-20)18-21-11-7-4-8-12-21/h2-16H,1,17-19H2. The van der Waals surface area contributed by atoms with Crippen molar-refractivity contribution in [2.24, 2.45) is 0 Å². The molecule has 0 aliphatic rings. The molecule has 136 valence electrons. The van der Waals surface area contributed by atoms with E-state index in [0.29, 0.717) is 0 Å². The Balaban J connectivity index is 1.77. The van der Waals surface area contributed by atoms with Crippen molar-refractivity contribution in [2.45, 2.75) is 19.7 Å². The molecule has 3 aromatic rings. The fourth-order valence-corrected chi connectivity index (χ4v) is 2.86. The van der Waals surface area contributed by atoms with Crippen LogP contribution in [0.25, 0.3) is 0 Å². The van der Waals surface area contributed by atoms with E-state index in [0.717, 1.165) is 24.3 Å². The zero-order chi connectivity index (χ0) is 18.9. The van der Waals surface area contributed by atoms with E-state index in [9.17, 15) is 4.79 Å². The summed E-state index contributed by atoms with van der Waals surface area (Å²) in [4.78, 5) is 13.6. The van der Waals surface area contributed by atoms with Crippen molar-refractivity contribution >= 4 is 11.7 Å². The summed E-state index contributed by atoms with van der Waals surface area (Å²) in [6, 6.07) is 29.0. The minimum Gasteiger partial charge on any atom is -0.458 e. The molecule has 0 atom stereocenters. The van der Waals surface area contributed by atoms with Gasteiger partial charge in [-0.2, -0.15) is 0 Å². The number of benzene rings is 3. The smallest absolute Gasteiger partial charge is 0.330 e. The van der Waals surface area contributed by atoms with Gasteiger partial charge in [-0.15, -0.1) is 0 Å². The first-order valence-electron chi connectivity index (χ1n) is 8.95. The quantitative estimate of drug-likeness (QED) is 0.414. The number of rotatable bonds is 8. The van der Waals surface area contributed by atoms with Crippen LogP contribution in [0.4, 0.5) is 5.69 Å². The SMILES string of the molecule is C=CC(=O)OCc1ccc(N(Cc2ccccc2)Cc2ccccc2)cc1. The average Bonchev–Trinajstić information content (AvgIpc) is 2.73. The van der Waals surface area contributed by atoms with Crippen molar-refractivity contribution in [2.75, 3.05) is 4.90 Å². The van der Waals surface area contributed by atoms with Crippen LogP contribution >= 0.6 is 0 Å². The molecule has 3 heteroatoms. The Morgan fingerprint density at radius 2 is 1.30 bits per heavy atom. The molecule has 0 saturated heterocycles. The highest BCUT2D eigenvalue weighted by molar-refractivity contribution is 5.81. The van der Waals surface area contributed by atoms with Gasteiger partial charge in [-0.3, -0.25) is 0 Å². The van der Waals surface area contributed by atoms with Crippen molar-refractivity contribution in [3.8, 4) is 0 Å². The molecule has 0 bridgehead atoms. The number of hydrogen-bond acceptors (Lipinski definition) is 3. The van der Waals surface area contributed by atoms with Gasteiger partial charge < -0.3 is 9.64 Å². The lowest BCUT2D eigenvalue weighted by Crippen LogP contribution is -2.22. The molecule has 3 rings (SSSR count). The van der Waals surface area contributed by atoms with Crippen molar-refractivity contribution in [3.05, 3.63) is 114 Å². The summed E-state index contributed by atoms with van der Waals surface area (Å²) in [5.41, 5.74) is 4.60. The number of ether oxygens (including phenoxy) is 1. The molecule has 0 fully saturated rings. The van der Waals surface area contributed by atoms with Gasteiger partial charge in [0.25, 0.3) is 0 Å². The van der Waals surface area contributed by atoms with Crippen LogP contribution in [0.15, 0.2) is 97.6 Å². The van der Waals surface area contributed by atoms with Crippen LogP contribution in [0.1, 0.15) is 16.7 Å². The van der Waals surface area contributed by atoms with Gasteiger partial charge in [-0.05, 0) is 28.8 Å². The number of nitrogens with zero attached hydrogens (tertiary/aromatic N) is 1. The van der Waals surface area contributed by atoms with E-state index >= 15 is 0 Å². The first kappa shape index (κ1) is 18.5. The van der Waals surface area contributed by atoms with Gasteiger partial charge in [0.2, 0.25) is 0 Å². The van der Waals surface area contributed by atoms with Gasteiger partial charge in [-0.1, -0.05) is 79.4 Å². The molecule has 0 saturated carbocycles. The van der Waals surface area contributed by atoms with Crippen molar-refractivity contribution in [1.29, 1.82) is 0 Å². The van der Waals surface area contributed by atoms with Crippen LogP contribution in [0, 0.1) is 0 Å². The molecule has 0 unspecified atom stereocenters. The zero-order valence-electron chi connectivity index (χ0n) is 15.3. The number of anilines is 1. The molecular formula is C24H23NO2. The number of carbonyl (C=O) groups excluding carboxylic acids is 1. The van der Waals surface area contributed by atoms with Gasteiger partial charge in [0, 0.05) is 24.9 Å². The Labute approximate surface area is 160 Å². The summed E-state index contributed by atoms with van der Waals surface area (Å²) in [5, 5.41) is 0. The van der Waals surface area contributed by atoms with E-state index < -0.39 is 5.97 Å². The second kappa shape index (κ2) is 9.39. The summed E-state index contributed by atoms with van der Waals surface area (Å²) in [6.45, 7) is 5.30. The fourth-order valence-electron chi connectivity index (χ4n) is 2.86. The van der Waals surface area contributed by atoms with Crippen LogP contribution in [-0.4, -0.2) is 5.97 Å². The summed E-state index contributed by atoms with van der Waals surface area (Å²) in [6.07, 6.45) is 1.18. The number of carbonyl (C=O) groups is 1. The molecule has 27 heavy (non-hydrogen) atoms. The highest BCUT2D eigenvalue weighted by atomic mass is 16.5. The van der Waals surface area contributed by atoms with E-state index in [4.69, 9.17) is 4.74 Å². The van der Waals surface area contributed by atoms with Crippen LogP contribution in [0.5, 0.6) is 0 Å². The largest absolute Gasteiger partial charge is 0.458 e. The van der Waals surface area contributed by atoms with Crippen molar-refractivity contribution in [1.82, 2.24) is 0 Å². The average molecular weight is 357 g/mol. The molecule has 0 aliphatic carbocycles. The molecule has 0 amide bonds. The number of esters is 1. The number of hydrogen-bond donors (Lipinski definition) is 0. The van der Waals surface area contributed by atoms with Gasteiger partial charge in [0.15, 0.2) is 0 Å². The molecule has 0 heterocycles. The summed E-state index contributed by atoms with van der Waals surface area (Å²) in [7, 11) is 0. The minimum atomic E-state index is -0.408. The van der Waals surface area contributed by atoms with Crippen molar-refractivity contribution in [3.63, 3.8) is 0 Å². The second-order valence-corrected chi connectivity index (χ2v) is 6.31. The lowest BCUT2D eigenvalue weighted by atomic mass is 10.1. The van der Waals surface area contributed by atoms with Crippen molar-refractivity contribution < 1.29 is 9.53 Å². The Bertz CT molecular complexity index is 816. The van der Waals surface area contributed by atoms with Crippen LogP contribution in [-0.2, 0) is 29.2 Å². The Morgan fingerprint density at radius 1 is 0.778 bits per heavy atom. The molecule has 0 spiro atoms. The van der Waals surface area contributed by atoms with Crippen LogP contribution < -0.4 is 4.90 Å². The molecule has 0 N–H and O–H groups in total. The fraction of sp³-hybridized carbons (Fsp3) is 0.125. The van der Waals surface area contributed by atoms with Gasteiger partial charge in [0.05, 0.1) is 0 Å². The third-order valence-electron chi connectivity index (χ3n) is 4.28. The molecule has 0 aromatic heterocycles. The molecule has 3 aromatic carbocycles. The third kappa shape index (κ3) is 5.58. The first-order valence-corrected chi connectivity index (χ1v) is 8.95. The van der Waals surface area contributed by atoms with E-state index in [2.05, 4.69) is 72.1 Å². The van der Waals surface area contributed by atoms with Crippen LogP contribution in [0.2, 0.25) is 0 Å². The summed E-state index contributed by atoms with van der Waals surface area (Å²) < 4.78 is 5.10. The van der Waals surface area contributed by atoms with E-state index in [1.807, 2.05) is 24.3 Å². The third-order valence-corrected chi connectivity index (χ3v) is 4.28. The van der Waals surface area contributed by atoms with Gasteiger partial charge in [0.1, 0.15) is 6.61 Å². The monoisotopic (exact) mass is 357 g/mol. The maximum atomic E-state index is 11.2. The highest BCUT2D eigenvalue weighted by Gasteiger charge is 2.09. The second-order valence-electron chi connectivity index (χ2n) is 6.31. The maximum absolute atomic E-state index is 11.2. The maximum Gasteiger partial charge on any atom is 0.330 e. The lowest BCUT2D eigenvalue weighted by Gasteiger charge is -2.25. The topological polar surface area (TPSA) is 29.5 Å². The molecular weight excluding hydrogens is 334 g/mol. The first-order chi connectivity index (χ1) is 13.2. The predicted molar refractivity (Wildman–Crippen MR) is 109 cm³/mol. The van der Waals surface area contributed by atoms with Gasteiger partial charge in [-0.25, -0.2) is 4.79 Å². The summed E-state index contributed by atoms with van der Waals surface area (Å²) in [5.74, 6) is -0.408. The van der Waals surface area contributed by atoms with Crippen LogP contribution in [0.3, 0.4) is 0 Å². The Hall–Kier alpha value is -3.33.